The fourth-order valence-corrected chi connectivity index (χ4v) is 3.75. The van der Waals surface area contributed by atoms with Gasteiger partial charge in [-0.1, -0.05) is 37.3 Å². The maximum atomic E-state index is 12.5. The standard InChI is InChI=1S/C23H20N2O6S/c1-2-14-5-7-15(8-6-14)12-19-21(28)25(23(31)32-19)11-3-4-20(27)24-16-9-10-17(22(29)30)18(26)13-16/h3-10,12-13,26H,2,11H2,1H3,(H,24,27)(H,29,30)/b4-3+,19-12-. The van der Waals surface area contributed by atoms with Crippen LogP contribution in [0.2, 0.25) is 0 Å². The van der Waals surface area contributed by atoms with E-state index in [4.69, 9.17) is 5.11 Å². The molecule has 0 radical (unpaired) electrons. The van der Waals surface area contributed by atoms with E-state index in [1.54, 1.807) is 6.08 Å². The van der Waals surface area contributed by atoms with Gasteiger partial charge in [0.1, 0.15) is 11.3 Å². The Morgan fingerprint density at radius 1 is 1.12 bits per heavy atom. The molecule has 2 aromatic carbocycles. The third-order valence-corrected chi connectivity index (χ3v) is 5.52. The fraction of sp³-hybridized carbons (Fsp3) is 0.130. The molecule has 1 heterocycles. The maximum Gasteiger partial charge on any atom is 0.339 e. The number of carboxylic acids is 1. The normalized spacial score (nSPS) is 15.0. The number of benzene rings is 2. The number of phenols is 1. The topological polar surface area (TPSA) is 124 Å². The quantitative estimate of drug-likeness (QED) is 0.545. The minimum absolute atomic E-state index is 0.0760. The number of carbonyl (C=O) groups is 4. The minimum atomic E-state index is -1.29. The highest BCUT2D eigenvalue weighted by Gasteiger charge is 2.34. The van der Waals surface area contributed by atoms with Crippen molar-refractivity contribution < 1.29 is 29.4 Å². The average molecular weight is 452 g/mol. The number of carboxylic acid groups (broad SMARTS) is 1. The lowest BCUT2D eigenvalue weighted by Gasteiger charge is -2.09. The Balaban J connectivity index is 1.59. The Morgan fingerprint density at radius 3 is 2.47 bits per heavy atom. The lowest BCUT2D eigenvalue weighted by atomic mass is 10.1. The second kappa shape index (κ2) is 9.97. The van der Waals surface area contributed by atoms with Gasteiger partial charge in [0.15, 0.2) is 0 Å². The van der Waals surface area contributed by atoms with Crippen LogP contribution >= 0.6 is 11.8 Å². The Kier molecular flexibility index (Phi) is 7.11. The van der Waals surface area contributed by atoms with Crippen LogP contribution in [0.5, 0.6) is 5.75 Å². The molecule has 8 nitrogen and oxygen atoms in total. The highest BCUT2D eigenvalue weighted by molar-refractivity contribution is 8.18. The monoisotopic (exact) mass is 452 g/mol. The van der Waals surface area contributed by atoms with E-state index < -0.39 is 28.8 Å². The number of imide groups is 1. The number of anilines is 1. The highest BCUT2D eigenvalue weighted by Crippen LogP contribution is 2.32. The van der Waals surface area contributed by atoms with Crippen LogP contribution in [0.4, 0.5) is 10.5 Å². The summed E-state index contributed by atoms with van der Waals surface area (Å²) in [4.78, 5) is 49.0. The van der Waals surface area contributed by atoms with Crippen LogP contribution in [0.3, 0.4) is 0 Å². The van der Waals surface area contributed by atoms with Crippen LogP contribution in [-0.2, 0) is 16.0 Å². The summed E-state index contributed by atoms with van der Waals surface area (Å²) in [6.45, 7) is 1.97. The number of hydrogen-bond acceptors (Lipinski definition) is 6. The number of amides is 3. The first-order valence-corrected chi connectivity index (χ1v) is 10.5. The van der Waals surface area contributed by atoms with Gasteiger partial charge in [0.05, 0.1) is 4.91 Å². The van der Waals surface area contributed by atoms with Gasteiger partial charge in [-0.05, 0) is 47.5 Å². The highest BCUT2D eigenvalue weighted by atomic mass is 32.2. The van der Waals surface area contributed by atoms with E-state index in [1.807, 2.05) is 31.2 Å². The molecule has 32 heavy (non-hydrogen) atoms. The van der Waals surface area contributed by atoms with Gasteiger partial charge in [-0.15, -0.1) is 0 Å². The minimum Gasteiger partial charge on any atom is -0.507 e. The smallest absolute Gasteiger partial charge is 0.339 e. The molecule has 164 valence electrons. The van der Waals surface area contributed by atoms with Gasteiger partial charge in [-0.2, -0.15) is 0 Å². The third kappa shape index (κ3) is 5.44. The van der Waals surface area contributed by atoms with Crippen molar-refractivity contribution >= 4 is 46.5 Å². The molecule has 3 N–H and O–H groups in total. The Morgan fingerprint density at radius 2 is 1.84 bits per heavy atom. The number of nitrogens with zero attached hydrogens (tertiary/aromatic N) is 1. The van der Waals surface area contributed by atoms with Crippen LogP contribution in [0.1, 0.15) is 28.4 Å². The summed E-state index contributed by atoms with van der Waals surface area (Å²) in [6.07, 6.45) is 5.09. The molecule has 9 heteroatoms. The molecule has 0 atom stereocenters. The van der Waals surface area contributed by atoms with Crippen molar-refractivity contribution in [3.8, 4) is 5.75 Å². The number of aryl methyl sites for hydroxylation is 1. The SMILES string of the molecule is CCc1ccc(/C=C2\SC(=O)N(C/C=C/C(=O)Nc3ccc(C(=O)O)c(O)c3)C2=O)cc1. The van der Waals surface area contributed by atoms with E-state index in [-0.39, 0.29) is 17.8 Å². The summed E-state index contributed by atoms with van der Waals surface area (Å²) in [5, 5.41) is 20.6. The zero-order valence-electron chi connectivity index (χ0n) is 17.1. The molecular formula is C23H20N2O6S. The molecule has 3 amide bonds. The molecule has 0 bridgehead atoms. The summed E-state index contributed by atoms with van der Waals surface area (Å²) in [5.41, 5.74) is 1.91. The molecule has 1 aliphatic rings. The molecule has 3 rings (SSSR count). The fourth-order valence-electron chi connectivity index (χ4n) is 2.90. The lowest BCUT2D eigenvalue weighted by molar-refractivity contribution is -0.122. The number of aromatic carboxylic acids is 1. The lowest BCUT2D eigenvalue weighted by Crippen LogP contribution is -2.28. The van der Waals surface area contributed by atoms with Gasteiger partial charge < -0.3 is 15.5 Å². The molecule has 1 aliphatic heterocycles. The molecule has 1 saturated heterocycles. The van der Waals surface area contributed by atoms with Crippen LogP contribution < -0.4 is 5.32 Å². The van der Waals surface area contributed by atoms with E-state index in [0.29, 0.717) is 4.91 Å². The van der Waals surface area contributed by atoms with E-state index >= 15 is 0 Å². The summed E-state index contributed by atoms with van der Waals surface area (Å²) in [5.74, 6) is -2.76. The van der Waals surface area contributed by atoms with E-state index in [1.165, 1.54) is 23.8 Å². The predicted octanol–water partition coefficient (Wildman–Crippen LogP) is 3.88. The van der Waals surface area contributed by atoms with Crippen molar-refractivity contribution in [3.63, 3.8) is 0 Å². The van der Waals surface area contributed by atoms with Gasteiger partial charge in [-0.3, -0.25) is 19.3 Å². The van der Waals surface area contributed by atoms with Gasteiger partial charge in [0, 0.05) is 24.4 Å². The predicted molar refractivity (Wildman–Crippen MR) is 121 cm³/mol. The van der Waals surface area contributed by atoms with Crippen molar-refractivity contribution in [2.45, 2.75) is 13.3 Å². The van der Waals surface area contributed by atoms with Crippen LogP contribution in [0.15, 0.2) is 59.5 Å². The number of aromatic hydroxyl groups is 1. The van der Waals surface area contributed by atoms with Gasteiger partial charge in [0.2, 0.25) is 5.91 Å². The van der Waals surface area contributed by atoms with Crippen molar-refractivity contribution in [1.29, 1.82) is 0 Å². The zero-order chi connectivity index (χ0) is 23.3. The molecule has 0 saturated carbocycles. The number of nitrogens with one attached hydrogen (secondary N) is 1. The van der Waals surface area contributed by atoms with Crippen molar-refractivity contribution in [1.82, 2.24) is 4.90 Å². The first kappa shape index (κ1) is 22.8. The van der Waals surface area contributed by atoms with Crippen molar-refractivity contribution in [2.24, 2.45) is 0 Å². The van der Waals surface area contributed by atoms with Crippen molar-refractivity contribution in [3.05, 3.63) is 76.2 Å². The Labute approximate surface area is 188 Å². The molecule has 0 unspecified atom stereocenters. The third-order valence-electron chi connectivity index (χ3n) is 4.61. The average Bonchev–Trinajstić information content (AvgIpc) is 3.01. The summed E-state index contributed by atoms with van der Waals surface area (Å²) in [6, 6.07) is 11.3. The number of thioether (sulfide) groups is 1. The van der Waals surface area contributed by atoms with Gasteiger partial charge in [-0.25, -0.2) is 4.79 Å². The summed E-state index contributed by atoms with van der Waals surface area (Å²) >= 11 is 0.842. The van der Waals surface area contributed by atoms with Crippen LogP contribution in [0.25, 0.3) is 6.08 Å². The molecule has 0 spiro atoms. The van der Waals surface area contributed by atoms with Gasteiger partial charge >= 0.3 is 5.97 Å². The number of rotatable bonds is 7. The van der Waals surface area contributed by atoms with Crippen LogP contribution in [-0.4, -0.2) is 44.7 Å². The van der Waals surface area contributed by atoms with Crippen molar-refractivity contribution in [2.75, 3.05) is 11.9 Å². The second-order valence-electron chi connectivity index (χ2n) is 6.82. The molecule has 2 aromatic rings. The van der Waals surface area contributed by atoms with E-state index in [9.17, 15) is 24.3 Å². The molecule has 0 aromatic heterocycles. The van der Waals surface area contributed by atoms with E-state index in [0.717, 1.165) is 40.8 Å². The maximum absolute atomic E-state index is 12.5. The van der Waals surface area contributed by atoms with E-state index in [2.05, 4.69) is 5.32 Å². The van der Waals surface area contributed by atoms with Crippen LogP contribution in [0, 0.1) is 0 Å². The molecule has 0 aliphatic carbocycles. The summed E-state index contributed by atoms with van der Waals surface area (Å²) in [7, 11) is 0. The Hall–Kier alpha value is -3.85. The first-order valence-electron chi connectivity index (χ1n) is 9.66. The largest absolute Gasteiger partial charge is 0.507 e. The number of hydrogen-bond donors (Lipinski definition) is 3. The first-order chi connectivity index (χ1) is 15.3. The molecular weight excluding hydrogens is 432 g/mol. The van der Waals surface area contributed by atoms with Gasteiger partial charge in [0.25, 0.3) is 11.1 Å². The second-order valence-corrected chi connectivity index (χ2v) is 7.81. The molecule has 1 fully saturated rings. The Bertz CT molecular complexity index is 1140. The zero-order valence-corrected chi connectivity index (χ0v) is 17.9. The summed E-state index contributed by atoms with van der Waals surface area (Å²) < 4.78 is 0. The number of carbonyl (C=O) groups excluding carboxylic acids is 3.